The van der Waals surface area contributed by atoms with E-state index in [1.807, 2.05) is 24.1 Å². The summed E-state index contributed by atoms with van der Waals surface area (Å²) >= 11 is 0. The van der Waals surface area contributed by atoms with Gasteiger partial charge in [-0.05, 0) is 62.3 Å². The lowest BCUT2D eigenvalue weighted by atomic mass is 9.94. The van der Waals surface area contributed by atoms with Crippen molar-refractivity contribution in [2.45, 2.75) is 44.9 Å². The summed E-state index contributed by atoms with van der Waals surface area (Å²) in [5.41, 5.74) is 5.57. The molecule has 0 bridgehead atoms. The summed E-state index contributed by atoms with van der Waals surface area (Å²) < 4.78 is 0. The highest BCUT2D eigenvalue weighted by molar-refractivity contribution is 5.94. The van der Waals surface area contributed by atoms with Crippen LogP contribution in [-0.2, 0) is 12.8 Å². The number of amides is 1. The molecule has 1 aliphatic heterocycles. The molecule has 4 rings (SSSR count). The topological polar surface area (TPSA) is 46.1 Å². The Morgan fingerprint density at radius 1 is 1.17 bits per heavy atom. The van der Waals surface area contributed by atoms with E-state index in [-0.39, 0.29) is 5.91 Å². The van der Waals surface area contributed by atoms with E-state index >= 15 is 0 Å². The zero-order valence-electron chi connectivity index (χ0n) is 14.2. The first-order chi connectivity index (χ1) is 11.7. The summed E-state index contributed by atoms with van der Waals surface area (Å²) in [5.74, 6) is 0.458. The Labute approximate surface area is 142 Å². The van der Waals surface area contributed by atoms with Gasteiger partial charge in [0, 0.05) is 37.0 Å². The smallest absolute Gasteiger partial charge is 0.253 e. The number of aryl methyl sites for hydroxylation is 3. The zero-order valence-corrected chi connectivity index (χ0v) is 14.2. The molecule has 1 amide bonds. The predicted octanol–water partition coefficient (Wildman–Crippen LogP) is 3.29. The number of rotatable bonds is 2. The fraction of sp³-hybridized carbons (Fsp3) is 0.450. The first-order valence-electron chi connectivity index (χ1n) is 8.90. The molecule has 1 fully saturated rings. The van der Waals surface area contributed by atoms with Gasteiger partial charge in [0.25, 0.3) is 5.91 Å². The van der Waals surface area contributed by atoms with Gasteiger partial charge >= 0.3 is 0 Å². The van der Waals surface area contributed by atoms with Crippen LogP contribution in [0.3, 0.4) is 0 Å². The van der Waals surface area contributed by atoms with Gasteiger partial charge in [-0.1, -0.05) is 6.07 Å². The van der Waals surface area contributed by atoms with Crippen LogP contribution < -0.4 is 0 Å². The van der Waals surface area contributed by atoms with Gasteiger partial charge in [0.1, 0.15) is 0 Å². The van der Waals surface area contributed by atoms with Gasteiger partial charge < -0.3 is 4.90 Å². The minimum Gasteiger partial charge on any atom is -0.338 e. The highest BCUT2D eigenvalue weighted by atomic mass is 16.2. The number of fused-ring (bicyclic) bond motifs is 1. The predicted molar refractivity (Wildman–Crippen MR) is 93.1 cm³/mol. The third-order valence-electron chi connectivity index (χ3n) is 5.25. The normalized spacial score (nSPS) is 20.0. The number of aromatic nitrogens is 2. The second-order valence-corrected chi connectivity index (χ2v) is 7.01. The van der Waals surface area contributed by atoms with Crippen LogP contribution in [0.15, 0.2) is 30.6 Å². The van der Waals surface area contributed by atoms with E-state index in [9.17, 15) is 4.79 Å². The molecule has 1 aromatic heterocycles. The number of piperidine rings is 1. The van der Waals surface area contributed by atoms with Crippen LogP contribution in [0.5, 0.6) is 0 Å². The molecule has 4 heteroatoms. The lowest BCUT2D eigenvalue weighted by molar-refractivity contribution is 0.0705. The van der Waals surface area contributed by atoms with Gasteiger partial charge in [-0.2, -0.15) is 0 Å². The van der Waals surface area contributed by atoms with Crippen molar-refractivity contribution < 1.29 is 4.79 Å². The van der Waals surface area contributed by atoms with Crippen molar-refractivity contribution in [3.05, 3.63) is 58.7 Å². The van der Waals surface area contributed by atoms with E-state index in [2.05, 4.69) is 22.1 Å². The van der Waals surface area contributed by atoms with E-state index in [0.29, 0.717) is 5.92 Å². The maximum absolute atomic E-state index is 12.9. The third-order valence-corrected chi connectivity index (χ3v) is 5.25. The standard InChI is InChI=1S/C20H23N3O/c1-14-11-21-12-19(22-14)18-6-3-9-23(13-18)20(24)17-8-7-15-4-2-5-16(15)10-17/h7-8,10-12,18H,2-6,9,13H2,1H3. The van der Waals surface area contributed by atoms with Gasteiger partial charge in [-0.15, -0.1) is 0 Å². The highest BCUT2D eigenvalue weighted by Gasteiger charge is 2.27. The molecule has 0 N–H and O–H groups in total. The van der Waals surface area contributed by atoms with E-state index < -0.39 is 0 Å². The Bertz CT molecular complexity index is 771. The fourth-order valence-electron chi connectivity index (χ4n) is 3.97. The van der Waals surface area contributed by atoms with Crippen molar-refractivity contribution in [3.63, 3.8) is 0 Å². The van der Waals surface area contributed by atoms with Crippen LogP contribution in [0, 0.1) is 6.92 Å². The van der Waals surface area contributed by atoms with Gasteiger partial charge in [0.15, 0.2) is 0 Å². The molecule has 0 spiro atoms. The third kappa shape index (κ3) is 2.93. The summed E-state index contributed by atoms with van der Waals surface area (Å²) in [6.45, 7) is 3.55. The van der Waals surface area contributed by atoms with Crippen molar-refractivity contribution in [2.24, 2.45) is 0 Å². The maximum atomic E-state index is 12.9. The van der Waals surface area contributed by atoms with Crippen molar-refractivity contribution in [2.75, 3.05) is 13.1 Å². The monoisotopic (exact) mass is 321 g/mol. The number of hydrogen-bond donors (Lipinski definition) is 0. The molecule has 24 heavy (non-hydrogen) atoms. The number of benzene rings is 1. The van der Waals surface area contributed by atoms with Crippen LogP contribution in [0.2, 0.25) is 0 Å². The van der Waals surface area contributed by atoms with Crippen molar-refractivity contribution in [1.82, 2.24) is 14.9 Å². The van der Waals surface area contributed by atoms with E-state index in [1.54, 1.807) is 6.20 Å². The summed E-state index contributed by atoms with van der Waals surface area (Å²) in [4.78, 5) is 23.8. The van der Waals surface area contributed by atoms with Gasteiger partial charge in [0.05, 0.1) is 11.4 Å². The van der Waals surface area contributed by atoms with Crippen LogP contribution in [-0.4, -0.2) is 33.9 Å². The first-order valence-corrected chi connectivity index (χ1v) is 8.90. The van der Waals surface area contributed by atoms with Crippen LogP contribution in [0.4, 0.5) is 0 Å². The molecule has 2 aromatic rings. The molecular formula is C20H23N3O. The largest absolute Gasteiger partial charge is 0.338 e. The molecule has 1 aromatic carbocycles. The van der Waals surface area contributed by atoms with Gasteiger partial charge in [-0.25, -0.2) is 0 Å². The molecule has 0 saturated carbocycles. The van der Waals surface area contributed by atoms with E-state index in [0.717, 1.165) is 55.7 Å². The van der Waals surface area contributed by atoms with Crippen molar-refractivity contribution in [1.29, 1.82) is 0 Å². The number of carbonyl (C=O) groups excluding carboxylic acids is 1. The summed E-state index contributed by atoms with van der Waals surface area (Å²) in [7, 11) is 0. The maximum Gasteiger partial charge on any atom is 0.253 e. The van der Waals surface area contributed by atoms with E-state index in [1.165, 1.54) is 17.5 Å². The summed E-state index contributed by atoms with van der Waals surface area (Å²) in [6.07, 6.45) is 9.20. The lowest BCUT2D eigenvalue weighted by Crippen LogP contribution is -2.39. The van der Waals surface area contributed by atoms with Gasteiger partial charge in [-0.3, -0.25) is 14.8 Å². The Morgan fingerprint density at radius 2 is 2.04 bits per heavy atom. The molecule has 2 heterocycles. The quantitative estimate of drug-likeness (QED) is 0.852. The SMILES string of the molecule is Cc1cncc(C2CCCN(C(=O)c3ccc4c(c3)CCC4)C2)n1. The minimum atomic E-state index is 0.162. The molecule has 2 aliphatic rings. The molecule has 1 atom stereocenters. The summed E-state index contributed by atoms with van der Waals surface area (Å²) in [5, 5.41) is 0. The molecule has 0 radical (unpaired) electrons. The Hall–Kier alpha value is -2.23. The fourth-order valence-corrected chi connectivity index (χ4v) is 3.97. The number of carbonyl (C=O) groups is 1. The molecule has 4 nitrogen and oxygen atoms in total. The minimum absolute atomic E-state index is 0.162. The van der Waals surface area contributed by atoms with Gasteiger partial charge in [0.2, 0.25) is 0 Å². The van der Waals surface area contributed by atoms with Crippen LogP contribution >= 0.6 is 0 Å². The van der Waals surface area contributed by atoms with Crippen molar-refractivity contribution in [3.8, 4) is 0 Å². The zero-order chi connectivity index (χ0) is 16.5. The second-order valence-electron chi connectivity index (χ2n) is 7.01. The Kier molecular flexibility index (Phi) is 4.05. The second kappa shape index (κ2) is 6.34. The highest BCUT2D eigenvalue weighted by Crippen LogP contribution is 2.28. The molecule has 124 valence electrons. The van der Waals surface area contributed by atoms with E-state index in [4.69, 9.17) is 0 Å². The van der Waals surface area contributed by atoms with Crippen LogP contribution in [0.25, 0.3) is 0 Å². The molecule has 1 unspecified atom stereocenters. The number of likely N-dealkylation sites (tertiary alicyclic amines) is 1. The average molecular weight is 321 g/mol. The molecule has 1 aliphatic carbocycles. The Balaban J connectivity index is 1.52. The lowest BCUT2D eigenvalue weighted by Gasteiger charge is -2.32. The summed E-state index contributed by atoms with van der Waals surface area (Å²) in [6, 6.07) is 6.26. The van der Waals surface area contributed by atoms with Crippen molar-refractivity contribution >= 4 is 5.91 Å². The Morgan fingerprint density at radius 3 is 2.92 bits per heavy atom. The molecular weight excluding hydrogens is 298 g/mol. The number of nitrogens with zero attached hydrogens (tertiary/aromatic N) is 3. The van der Waals surface area contributed by atoms with Crippen LogP contribution in [0.1, 0.15) is 58.1 Å². The first kappa shape index (κ1) is 15.3. The molecule has 1 saturated heterocycles. The average Bonchev–Trinajstić information content (AvgIpc) is 3.09. The number of hydrogen-bond acceptors (Lipinski definition) is 3.